The highest BCUT2D eigenvalue weighted by molar-refractivity contribution is 9.11. The van der Waals surface area contributed by atoms with E-state index in [1.165, 1.54) is 12.1 Å². The Labute approximate surface area is 98.6 Å². The van der Waals surface area contributed by atoms with Crippen LogP contribution in [0.2, 0.25) is 10.0 Å². The molecule has 74 valence electrons. The summed E-state index contributed by atoms with van der Waals surface area (Å²) in [6.45, 7) is 0. The van der Waals surface area contributed by atoms with Crippen molar-refractivity contribution in [3.8, 4) is 0 Å². The van der Waals surface area contributed by atoms with Crippen LogP contribution in [0.4, 0.5) is 0 Å². The minimum atomic E-state index is -0.551. The van der Waals surface area contributed by atoms with Crippen molar-refractivity contribution < 1.29 is 4.92 Å². The quantitative estimate of drug-likeness (QED) is 0.471. The van der Waals surface area contributed by atoms with Crippen LogP contribution in [0.1, 0.15) is 5.56 Å². The van der Waals surface area contributed by atoms with Crippen LogP contribution in [0.25, 0.3) is 6.08 Å². The van der Waals surface area contributed by atoms with Crippen molar-refractivity contribution >= 4 is 45.2 Å². The monoisotopic (exact) mass is 295 g/mol. The fourth-order valence-corrected chi connectivity index (χ4v) is 1.51. The highest BCUT2D eigenvalue weighted by Crippen LogP contribution is 2.24. The molecule has 3 nitrogen and oxygen atoms in total. The average molecular weight is 297 g/mol. The van der Waals surface area contributed by atoms with Crippen LogP contribution in [-0.2, 0) is 0 Å². The van der Waals surface area contributed by atoms with Crippen LogP contribution in [0.15, 0.2) is 22.8 Å². The van der Waals surface area contributed by atoms with E-state index in [1.54, 1.807) is 12.1 Å². The first-order valence-electron chi connectivity index (χ1n) is 3.47. The highest BCUT2D eigenvalue weighted by Gasteiger charge is 2.06. The summed E-state index contributed by atoms with van der Waals surface area (Å²) in [4.78, 5) is 9.75. The van der Waals surface area contributed by atoms with Gasteiger partial charge in [0.1, 0.15) is 0 Å². The van der Waals surface area contributed by atoms with E-state index >= 15 is 0 Å². The van der Waals surface area contributed by atoms with Crippen molar-refractivity contribution in [1.82, 2.24) is 0 Å². The summed E-state index contributed by atoms with van der Waals surface area (Å²) in [5.74, 6) is 0. The van der Waals surface area contributed by atoms with E-state index in [0.717, 1.165) is 0 Å². The Morgan fingerprint density at radius 1 is 1.50 bits per heavy atom. The maximum atomic E-state index is 10.3. The van der Waals surface area contributed by atoms with Gasteiger partial charge in [-0.15, -0.1) is 0 Å². The van der Waals surface area contributed by atoms with E-state index in [4.69, 9.17) is 23.2 Å². The fourth-order valence-electron chi connectivity index (χ4n) is 0.800. The van der Waals surface area contributed by atoms with Gasteiger partial charge in [0, 0.05) is 37.6 Å². The molecule has 0 aliphatic rings. The van der Waals surface area contributed by atoms with Crippen LogP contribution in [0, 0.1) is 10.1 Å². The molecule has 0 radical (unpaired) electrons. The lowest BCUT2D eigenvalue weighted by atomic mass is 10.2. The second-order valence-corrected chi connectivity index (χ2v) is 4.05. The SMILES string of the molecule is O=[N+]([O-])/C(Br)=C/c1ccc(Cl)cc1Cl. The minimum absolute atomic E-state index is 0.151. The van der Waals surface area contributed by atoms with Gasteiger partial charge in [-0.05, 0) is 12.1 Å². The zero-order valence-corrected chi connectivity index (χ0v) is 9.80. The molecule has 0 unspecified atom stereocenters. The van der Waals surface area contributed by atoms with Crippen molar-refractivity contribution in [2.24, 2.45) is 0 Å². The van der Waals surface area contributed by atoms with Crippen molar-refractivity contribution in [1.29, 1.82) is 0 Å². The Hall–Kier alpha value is -0.580. The van der Waals surface area contributed by atoms with Gasteiger partial charge in [0.05, 0.1) is 4.92 Å². The summed E-state index contributed by atoms with van der Waals surface area (Å²) < 4.78 is -0.151. The lowest BCUT2D eigenvalue weighted by Gasteiger charge is -1.97. The molecule has 0 aliphatic heterocycles. The van der Waals surface area contributed by atoms with E-state index in [1.807, 2.05) is 0 Å². The standard InChI is InChI=1S/C8H4BrCl2NO2/c9-8(12(13)14)3-5-1-2-6(10)4-7(5)11/h1-4H/b8-3+. The Morgan fingerprint density at radius 3 is 2.64 bits per heavy atom. The predicted molar refractivity (Wildman–Crippen MR) is 60.4 cm³/mol. The molecule has 0 amide bonds. The molecule has 1 aromatic carbocycles. The second-order valence-electron chi connectivity index (χ2n) is 2.39. The van der Waals surface area contributed by atoms with Crippen LogP contribution >= 0.6 is 39.1 Å². The summed E-state index contributed by atoms with van der Waals surface area (Å²) in [5.41, 5.74) is 0.541. The number of hydrogen-bond donors (Lipinski definition) is 0. The number of nitrogens with zero attached hydrogens (tertiary/aromatic N) is 1. The van der Waals surface area contributed by atoms with Crippen LogP contribution in [-0.4, -0.2) is 4.92 Å². The Kier molecular flexibility index (Phi) is 3.92. The first-order chi connectivity index (χ1) is 6.50. The molecule has 1 aromatic rings. The van der Waals surface area contributed by atoms with Gasteiger partial charge in [0.25, 0.3) is 0 Å². The first-order valence-corrected chi connectivity index (χ1v) is 5.02. The first kappa shape index (κ1) is 11.5. The van der Waals surface area contributed by atoms with Gasteiger partial charge in [0.15, 0.2) is 0 Å². The number of hydrogen-bond acceptors (Lipinski definition) is 2. The number of rotatable bonds is 2. The van der Waals surface area contributed by atoms with E-state index < -0.39 is 4.92 Å². The normalized spacial score (nSPS) is 11.5. The topological polar surface area (TPSA) is 43.1 Å². The van der Waals surface area contributed by atoms with Gasteiger partial charge >= 0.3 is 4.61 Å². The number of nitro groups is 1. The average Bonchev–Trinajstić information content (AvgIpc) is 2.09. The van der Waals surface area contributed by atoms with E-state index in [9.17, 15) is 10.1 Å². The highest BCUT2D eigenvalue weighted by atomic mass is 79.9. The second kappa shape index (κ2) is 4.77. The molecule has 14 heavy (non-hydrogen) atoms. The third-order valence-electron chi connectivity index (χ3n) is 1.41. The molecule has 0 N–H and O–H groups in total. The van der Waals surface area contributed by atoms with Gasteiger partial charge in [-0.25, -0.2) is 0 Å². The van der Waals surface area contributed by atoms with Gasteiger partial charge < -0.3 is 0 Å². The van der Waals surface area contributed by atoms with E-state index in [-0.39, 0.29) is 4.61 Å². The lowest BCUT2D eigenvalue weighted by molar-refractivity contribution is -0.407. The fraction of sp³-hybridized carbons (Fsp3) is 0. The third-order valence-corrected chi connectivity index (χ3v) is 2.49. The number of halogens is 3. The molecule has 0 saturated heterocycles. The molecule has 0 aliphatic carbocycles. The molecule has 0 spiro atoms. The van der Waals surface area contributed by atoms with Gasteiger partial charge in [-0.2, -0.15) is 0 Å². The minimum Gasteiger partial charge on any atom is -0.258 e. The molecule has 0 atom stereocenters. The van der Waals surface area contributed by atoms with Crippen LogP contribution in [0.5, 0.6) is 0 Å². The van der Waals surface area contributed by atoms with E-state index in [0.29, 0.717) is 15.6 Å². The molecule has 1 rings (SSSR count). The van der Waals surface area contributed by atoms with Gasteiger partial charge in [-0.3, -0.25) is 10.1 Å². The molecular formula is C8H4BrCl2NO2. The maximum absolute atomic E-state index is 10.3. The van der Waals surface area contributed by atoms with Crippen LogP contribution < -0.4 is 0 Å². The predicted octanol–water partition coefficient (Wildman–Crippen LogP) is 3.96. The molecular weight excluding hydrogens is 293 g/mol. The number of benzene rings is 1. The molecule has 0 bridgehead atoms. The molecule has 0 fully saturated rings. The van der Waals surface area contributed by atoms with Gasteiger partial charge in [0.2, 0.25) is 0 Å². The zero-order chi connectivity index (χ0) is 10.7. The Bertz CT molecular complexity index is 406. The van der Waals surface area contributed by atoms with Crippen molar-refractivity contribution in [3.63, 3.8) is 0 Å². The van der Waals surface area contributed by atoms with Crippen molar-refractivity contribution in [3.05, 3.63) is 48.5 Å². The summed E-state index contributed by atoms with van der Waals surface area (Å²) in [6.07, 6.45) is 1.32. The summed E-state index contributed by atoms with van der Waals surface area (Å²) in [6, 6.07) is 4.74. The van der Waals surface area contributed by atoms with Gasteiger partial charge in [-0.1, -0.05) is 29.3 Å². The Morgan fingerprint density at radius 2 is 2.14 bits per heavy atom. The van der Waals surface area contributed by atoms with Crippen molar-refractivity contribution in [2.75, 3.05) is 0 Å². The summed E-state index contributed by atoms with van der Waals surface area (Å²) in [5, 5.41) is 11.2. The Balaban J connectivity index is 3.09. The van der Waals surface area contributed by atoms with E-state index in [2.05, 4.69) is 15.9 Å². The third kappa shape index (κ3) is 2.97. The molecule has 0 aromatic heterocycles. The maximum Gasteiger partial charge on any atom is 0.311 e. The molecule has 0 saturated carbocycles. The smallest absolute Gasteiger partial charge is 0.258 e. The van der Waals surface area contributed by atoms with Crippen LogP contribution in [0.3, 0.4) is 0 Å². The largest absolute Gasteiger partial charge is 0.311 e. The molecule has 0 heterocycles. The summed E-state index contributed by atoms with van der Waals surface area (Å²) >= 11 is 14.3. The lowest BCUT2D eigenvalue weighted by Crippen LogP contribution is -1.90. The van der Waals surface area contributed by atoms with Crippen molar-refractivity contribution in [2.45, 2.75) is 0 Å². The summed E-state index contributed by atoms with van der Waals surface area (Å²) in [7, 11) is 0. The zero-order valence-electron chi connectivity index (χ0n) is 6.71. The molecule has 6 heteroatoms.